The van der Waals surface area contributed by atoms with Gasteiger partial charge in [0.25, 0.3) is 0 Å². The summed E-state index contributed by atoms with van der Waals surface area (Å²) in [6.07, 6.45) is 4.29. The first kappa shape index (κ1) is 19.1. The number of hydrogen-bond donors (Lipinski definition) is 0. The van der Waals surface area contributed by atoms with Crippen LogP contribution in [0.15, 0.2) is 24.3 Å². The van der Waals surface area contributed by atoms with E-state index in [1.54, 1.807) is 0 Å². The summed E-state index contributed by atoms with van der Waals surface area (Å²) < 4.78 is 11.1. The highest BCUT2D eigenvalue weighted by atomic mass is 35.5. The smallest absolute Gasteiger partial charge is 0.310 e. The van der Waals surface area contributed by atoms with E-state index in [4.69, 9.17) is 9.47 Å². The number of esters is 1. The summed E-state index contributed by atoms with van der Waals surface area (Å²) in [6.45, 7) is 6.16. The number of nitrogens with zero attached hydrogens (tertiary/aromatic N) is 1. The number of para-hydroxylation sites is 1. The van der Waals surface area contributed by atoms with Crippen LogP contribution in [0, 0.1) is 11.8 Å². The molecule has 0 amide bonds. The lowest BCUT2D eigenvalue weighted by atomic mass is 9.93. The van der Waals surface area contributed by atoms with E-state index in [1.165, 1.54) is 5.56 Å². The van der Waals surface area contributed by atoms with Crippen LogP contribution in [-0.4, -0.2) is 43.7 Å². The van der Waals surface area contributed by atoms with Gasteiger partial charge in [0.2, 0.25) is 0 Å². The predicted octanol–water partition coefficient (Wildman–Crippen LogP) is 3.32. The number of carbonyl (C=O) groups is 1. The molecule has 0 spiro atoms. The summed E-state index contributed by atoms with van der Waals surface area (Å²) in [4.78, 5) is 14.3. The fourth-order valence-corrected chi connectivity index (χ4v) is 3.65. The Kier molecular flexibility index (Phi) is 7.38. The number of piperidine rings is 1. The number of hydrogen-bond acceptors (Lipinski definition) is 4. The molecule has 0 radical (unpaired) electrons. The van der Waals surface area contributed by atoms with Gasteiger partial charge in [0.05, 0.1) is 19.1 Å². The average molecular weight is 354 g/mol. The SMILES string of the molecule is CCOC(=O)C1CCCN(CCC2COc3ccccc3C2)C1.Cl. The molecule has 134 valence electrons. The first-order valence-electron chi connectivity index (χ1n) is 8.86. The van der Waals surface area contributed by atoms with Crippen molar-refractivity contribution in [3.63, 3.8) is 0 Å². The Hall–Kier alpha value is -1.26. The minimum Gasteiger partial charge on any atom is -0.493 e. The van der Waals surface area contributed by atoms with Gasteiger partial charge in [0, 0.05) is 6.54 Å². The topological polar surface area (TPSA) is 38.8 Å². The number of carbonyl (C=O) groups excluding carboxylic acids is 1. The minimum atomic E-state index is -0.0212. The highest BCUT2D eigenvalue weighted by Gasteiger charge is 2.27. The maximum atomic E-state index is 11.9. The van der Waals surface area contributed by atoms with Crippen molar-refractivity contribution < 1.29 is 14.3 Å². The van der Waals surface area contributed by atoms with Gasteiger partial charge in [-0.25, -0.2) is 0 Å². The molecule has 1 saturated heterocycles. The number of likely N-dealkylation sites (tertiary alicyclic amines) is 1. The van der Waals surface area contributed by atoms with Crippen LogP contribution in [0.5, 0.6) is 5.75 Å². The van der Waals surface area contributed by atoms with Crippen molar-refractivity contribution in [2.24, 2.45) is 11.8 Å². The first-order chi connectivity index (χ1) is 11.3. The highest BCUT2D eigenvalue weighted by molar-refractivity contribution is 5.85. The summed E-state index contributed by atoms with van der Waals surface area (Å²) in [6, 6.07) is 8.33. The van der Waals surface area contributed by atoms with Gasteiger partial charge in [-0.2, -0.15) is 0 Å². The van der Waals surface area contributed by atoms with Gasteiger partial charge in [-0.15, -0.1) is 12.4 Å². The normalized spacial score (nSPS) is 23.5. The molecule has 1 fully saturated rings. The van der Waals surface area contributed by atoms with E-state index in [0.29, 0.717) is 12.5 Å². The lowest BCUT2D eigenvalue weighted by Gasteiger charge is -2.33. The van der Waals surface area contributed by atoms with Crippen molar-refractivity contribution in [1.29, 1.82) is 0 Å². The van der Waals surface area contributed by atoms with Crippen LogP contribution in [0.1, 0.15) is 31.7 Å². The standard InChI is InChI=1S/C19H27NO3.ClH/c1-2-22-19(21)17-7-5-10-20(13-17)11-9-15-12-16-6-3-4-8-18(16)23-14-15;/h3-4,6,8,15,17H,2,5,7,9-14H2,1H3;1H. The lowest BCUT2D eigenvalue weighted by Crippen LogP contribution is -2.40. The maximum absolute atomic E-state index is 11.9. The van der Waals surface area contributed by atoms with Crippen molar-refractivity contribution in [3.8, 4) is 5.75 Å². The molecule has 2 aliphatic heterocycles. The molecule has 4 nitrogen and oxygen atoms in total. The first-order valence-corrected chi connectivity index (χ1v) is 8.86. The van der Waals surface area contributed by atoms with E-state index >= 15 is 0 Å². The molecular formula is C19H28ClNO3. The van der Waals surface area contributed by atoms with E-state index < -0.39 is 0 Å². The van der Waals surface area contributed by atoms with Crippen molar-refractivity contribution in [3.05, 3.63) is 29.8 Å². The molecular weight excluding hydrogens is 326 g/mol. The molecule has 2 aliphatic rings. The van der Waals surface area contributed by atoms with Crippen LogP contribution in [0.2, 0.25) is 0 Å². The fourth-order valence-electron chi connectivity index (χ4n) is 3.65. The maximum Gasteiger partial charge on any atom is 0.310 e. The van der Waals surface area contributed by atoms with E-state index in [2.05, 4.69) is 23.1 Å². The van der Waals surface area contributed by atoms with Gasteiger partial charge in [-0.05, 0) is 63.2 Å². The average Bonchev–Trinajstić information content (AvgIpc) is 2.60. The van der Waals surface area contributed by atoms with Crippen LogP contribution in [0.25, 0.3) is 0 Å². The zero-order valence-electron chi connectivity index (χ0n) is 14.4. The van der Waals surface area contributed by atoms with Crippen molar-refractivity contribution >= 4 is 18.4 Å². The summed E-state index contributed by atoms with van der Waals surface area (Å²) >= 11 is 0. The lowest BCUT2D eigenvalue weighted by molar-refractivity contribution is -0.149. The van der Waals surface area contributed by atoms with E-state index in [9.17, 15) is 4.79 Å². The number of fused-ring (bicyclic) bond motifs is 1. The molecule has 0 N–H and O–H groups in total. The molecule has 3 rings (SSSR count). The number of ether oxygens (including phenoxy) is 2. The second-order valence-corrected chi connectivity index (χ2v) is 6.67. The van der Waals surface area contributed by atoms with Crippen molar-refractivity contribution in [2.75, 3.05) is 32.8 Å². The van der Waals surface area contributed by atoms with E-state index in [-0.39, 0.29) is 24.3 Å². The largest absolute Gasteiger partial charge is 0.493 e. The molecule has 0 saturated carbocycles. The quantitative estimate of drug-likeness (QED) is 0.761. The third-order valence-electron chi connectivity index (χ3n) is 4.93. The molecule has 2 unspecified atom stereocenters. The van der Waals surface area contributed by atoms with Gasteiger partial charge in [-0.1, -0.05) is 18.2 Å². The van der Waals surface area contributed by atoms with Gasteiger partial charge >= 0.3 is 5.97 Å². The predicted molar refractivity (Wildman–Crippen MR) is 96.8 cm³/mol. The van der Waals surface area contributed by atoms with Crippen LogP contribution in [0.3, 0.4) is 0 Å². The van der Waals surface area contributed by atoms with Crippen LogP contribution >= 0.6 is 12.4 Å². The summed E-state index contributed by atoms with van der Waals surface area (Å²) in [5, 5.41) is 0. The van der Waals surface area contributed by atoms with Crippen LogP contribution in [0.4, 0.5) is 0 Å². The minimum absolute atomic E-state index is 0. The molecule has 1 aromatic carbocycles. The Bertz CT molecular complexity index is 537. The third kappa shape index (κ3) is 4.87. The Morgan fingerprint density at radius 1 is 1.38 bits per heavy atom. The highest BCUT2D eigenvalue weighted by Crippen LogP contribution is 2.28. The zero-order valence-corrected chi connectivity index (χ0v) is 15.2. The van der Waals surface area contributed by atoms with Crippen LogP contribution < -0.4 is 4.74 Å². The summed E-state index contributed by atoms with van der Waals surface area (Å²) in [5.74, 6) is 1.66. The third-order valence-corrected chi connectivity index (χ3v) is 4.93. The fraction of sp³-hybridized carbons (Fsp3) is 0.632. The Balaban J connectivity index is 0.00000208. The number of benzene rings is 1. The number of halogens is 1. The van der Waals surface area contributed by atoms with Crippen molar-refractivity contribution in [1.82, 2.24) is 4.90 Å². The molecule has 2 heterocycles. The summed E-state index contributed by atoms with van der Waals surface area (Å²) in [7, 11) is 0. The molecule has 24 heavy (non-hydrogen) atoms. The Morgan fingerprint density at radius 3 is 3.04 bits per heavy atom. The van der Waals surface area contributed by atoms with E-state index in [0.717, 1.165) is 57.7 Å². The zero-order chi connectivity index (χ0) is 16.1. The second kappa shape index (κ2) is 9.28. The number of rotatable bonds is 5. The monoisotopic (exact) mass is 353 g/mol. The van der Waals surface area contributed by atoms with Gasteiger partial charge < -0.3 is 14.4 Å². The summed E-state index contributed by atoms with van der Waals surface area (Å²) in [5.41, 5.74) is 1.33. The Morgan fingerprint density at radius 2 is 2.21 bits per heavy atom. The van der Waals surface area contributed by atoms with E-state index in [1.807, 2.05) is 13.0 Å². The molecule has 0 aromatic heterocycles. The van der Waals surface area contributed by atoms with Gasteiger partial charge in [0.15, 0.2) is 0 Å². The van der Waals surface area contributed by atoms with Crippen LogP contribution in [-0.2, 0) is 16.0 Å². The molecule has 0 bridgehead atoms. The molecule has 0 aliphatic carbocycles. The van der Waals surface area contributed by atoms with Crippen molar-refractivity contribution in [2.45, 2.75) is 32.6 Å². The van der Waals surface area contributed by atoms with Gasteiger partial charge in [-0.3, -0.25) is 4.79 Å². The molecule has 5 heteroatoms. The van der Waals surface area contributed by atoms with Gasteiger partial charge in [0.1, 0.15) is 5.75 Å². The molecule has 1 aromatic rings. The molecule has 2 atom stereocenters. The Labute approximate surface area is 150 Å². The second-order valence-electron chi connectivity index (χ2n) is 6.67.